The zero-order chi connectivity index (χ0) is 15.5. The van der Waals surface area contributed by atoms with Crippen LogP contribution in [0.1, 0.15) is 31.2 Å². The highest BCUT2D eigenvalue weighted by Crippen LogP contribution is 2.32. The van der Waals surface area contributed by atoms with Gasteiger partial charge in [0.05, 0.1) is 5.75 Å². The predicted molar refractivity (Wildman–Crippen MR) is 83.9 cm³/mol. The van der Waals surface area contributed by atoms with Gasteiger partial charge in [-0.3, -0.25) is 4.79 Å². The summed E-state index contributed by atoms with van der Waals surface area (Å²) in [6.45, 7) is 3.59. The van der Waals surface area contributed by atoms with E-state index >= 15 is 0 Å². The second kappa shape index (κ2) is 6.60. The van der Waals surface area contributed by atoms with Crippen molar-refractivity contribution in [2.75, 3.05) is 25.1 Å². The third-order valence-electron chi connectivity index (χ3n) is 4.17. The Morgan fingerprint density at radius 3 is 2.52 bits per heavy atom. The molecule has 1 aromatic carbocycles. The second-order valence-electron chi connectivity index (χ2n) is 6.00. The standard InChI is InChI=1S/C16H23NO3S/c1-13-12-17(16(18)9-11-21(2,19)20)10-8-15(13)14-6-4-3-5-7-14/h3-7,13,15H,8-12H2,1-2H3/t13-,15-/m1/s1. The Morgan fingerprint density at radius 1 is 1.29 bits per heavy atom. The molecule has 116 valence electrons. The van der Waals surface area contributed by atoms with E-state index in [0.29, 0.717) is 24.9 Å². The molecule has 1 aliphatic rings. The van der Waals surface area contributed by atoms with E-state index in [0.717, 1.165) is 6.42 Å². The fourth-order valence-corrected chi connectivity index (χ4v) is 3.54. The predicted octanol–water partition coefficient (Wildman–Crippen LogP) is 2.07. The van der Waals surface area contributed by atoms with E-state index in [1.165, 1.54) is 11.8 Å². The second-order valence-corrected chi connectivity index (χ2v) is 8.26. The number of carbonyl (C=O) groups is 1. The van der Waals surface area contributed by atoms with Crippen LogP contribution in [0.2, 0.25) is 0 Å². The van der Waals surface area contributed by atoms with Gasteiger partial charge in [-0.1, -0.05) is 37.3 Å². The lowest BCUT2D eigenvalue weighted by molar-refractivity contribution is -0.132. The number of benzene rings is 1. The summed E-state index contributed by atoms with van der Waals surface area (Å²) >= 11 is 0. The van der Waals surface area contributed by atoms with Crippen molar-refractivity contribution >= 4 is 15.7 Å². The molecular formula is C16H23NO3S. The minimum absolute atomic E-state index is 0.0428. The van der Waals surface area contributed by atoms with Gasteiger partial charge in [0.2, 0.25) is 5.91 Å². The largest absolute Gasteiger partial charge is 0.342 e. The molecule has 1 aromatic rings. The zero-order valence-electron chi connectivity index (χ0n) is 12.7. The minimum Gasteiger partial charge on any atom is -0.342 e. The highest BCUT2D eigenvalue weighted by atomic mass is 32.2. The highest BCUT2D eigenvalue weighted by Gasteiger charge is 2.29. The van der Waals surface area contributed by atoms with Crippen molar-refractivity contribution < 1.29 is 13.2 Å². The number of likely N-dealkylation sites (tertiary alicyclic amines) is 1. The highest BCUT2D eigenvalue weighted by molar-refractivity contribution is 7.90. The van der Waals surface area contributed by atoms with Gasteiger partial charge in [-0.05, 0) is 23.8 Å². The molecule has 5 heteroatoms. The first-order valence-electron chi connectivity index (χ1n) is 7.37. The molecule has 1 heterocycles. The summed E-state index contributed by atoms with van der Waals surface area (Å²) in [5, 5.41) is 0. The molecule has 0 aromatic heterocycles. The Morgan fingerprint density at radius 2 is 1.95 bits per heavy atom. The molecule has 0 saturated carbocycles. The van der Waals surface area contributed by atoms with E-state index in [2.05, 4.69) is 19.1 Å². The van der Waals surface area contributed by atoms with E-state index in [1.807, 2.05) is 23.1 Å². The molecule has 4 nitrogen and oxygen atoms in total. The Balaban J connectivity index is 1.93. The van der Waals surface area contributed by atoms with E-state index < -0.39 is 9.84 Å². The quantitative estimate of drug-likeness (QED) is 0.855. The van der Waals surface area contributed by atoms with Crippen LogP contribution >= 0.6 is 0 Å². The van der Waals surface area contributed by atoms with Crippen LogP contribution in [0, 0.1) is 5.92 Å². The Hall–Kier alpha value is -1.36. The number of sulfone groups is 1. The van der Waals surface area contributed by atoms with Gasteiger partial charge in [-0.15, -0.1) is 0 Å². The van der Waals surface area contributed by atoms with Crippen molar-refractivity contribution in [1.29, 1.82) is 0 Å². The lowest BCUT2D eigenvalue weighted by Gasteiger charge is -2.37. The van der Waals surface area contributed by atoms with Crippen molar-refractivity contribution in [3.05, 3.63) is 35.9 Å². The molecule has 2 atom stereocenters. The maximum atomic E-state index is 12.1. The Labute approximate surface area is 127 Å². The van der Waals surface area contributed by atoms with Crippen LogP contribution < -0.4 is 0 Å². The van der Waals surface area contributed by atoms with Gasteiger partial charge >= 0.3 is 0 Å². The zero-order valence-corrected chi connectivity index (χ0v) is 13.5. The van der Waals surface area contributed by atoms with Gasteiger partial charge in [0.1, 0.15) is 9.84 Å². The normalized spacial score (nSPS) is 23.0. The number of hydrogen-bond acceptors (Lipinski definition) is 3. The van der Waals surface area contributed by atoms with Crippen LogP contribution in [-0.2, 0) is 14.6 Å². The Bertz CT molecular complexity index is 583. The van der Waals surface area contributed by atoms with E-state index in [1.54, 1.807) is 0 Å². The average molecular weight is 309 g/mol. The number of amides is 1. The van der Waals surface area contributed by atoms with Crippen molar-refractivity contribution in [3.8, 4) is 0 Å². The number of hydrogen-bond donors (Lipinski definition) is 0. The molecule has 0 bridgehead atoms. The molecule has 1 amide bonds. The van der Waals surface area contributed by atoms with Crippen molar-refractivity contribution in [2.24, 2.45) is 5.92 Å². The van der Waals surface area contributed by atoms with Gasteiger partial charge < -0.3 is 4.90 Å². The molecule has 0 radical (unpaired) electrons. The lowest BCUT2D eigenvalue weighted by atomic mass is 9.81. The summed E-state index contributed by atoms with van der Waals surface area (Å²) in [4.78, 5) is 13.9. The minimum atomic E-state index is -3.07. The van der Waals surface area contributed by atoms with Gasteiger partial charge in [-0.25, -0.2) is 8.42 Å². The van der Waals surface area contributed by atoms with Crippen molar-refractivity contribution in [3.63, 3.8) is 0 Å². The number of piperidine rings is 1. The molecule has 1 saturated heterocycles. The van der Waals surface area contributed by atoms with Gasteiger partial charge in [0, 0.05) is 25.8 Å². The van der Waals surface area contributed by atoms with E-state index in [9.17, 15) is 13.2 Å². The Kier molecular flexibility index (Phi) is 5.04. The van der Waals surface area contributed by atoms with Crippen molar-refractivity contribution in [1.82, 2.24) is 4.90 Å². The summed E-state index contributed by atoms with van der Waals surface area (Å²) in [5.74, 6) is 0.769. The van der Waals surface area contributed by atoms with Gasteiger partial charge in [0.25, 0.3) is 0 Å². The topological polar surface area (TPSA) is 54.5 Å². The van der Waals surface area contributed by atoms with Gasteiger partial charge in [0.15, 0.2) is 0 Å². The average Bonchev–Trinajstić information content (AvgIpc) is 2.45. The van der Waals surface area contributed by atoms with Crippen LogP contribution in [-0.4, -0.2) is 44.3 Å². The molecule has 0 N–H and O–H groups in total. The van der Waals surface area contributed by atoms with Crippen LogP contribution in [0.5, 0.6) is 0 Å². The molecule has 1 aliphatic heterocycles. The van der Waals surface area contributed by atoms with Crippen LogP contribution in [0.25, 0.3) is 0 Å². The van der Waals surface area contributed by atoms with Crippen LogP contribution in [0.3, 0.4) is 0 Å². The fraction of sp³-hybridized carbons (Fsp3) is 0.562. The van der Waals surface area contributed by atoms with Gasteiger partial charge in [-0.2, -0.15) is 0 Å². The lowest BCUT2D eigenvalue weighted by Crippen LogP contribution is -2.42. The summed E-state index contributed by atoms with van der Waals surface area (Å²) in [7, 11) is -3.07. The summed E-state index contributed by atoms with van der Waals surface area (Å²) in [5.41, 5.74) is 1.33. The number of rotatable bonds is 4. The molecule has 0 unspecified atom stereocenters. The molecule has 1 fully saturated rings. The maximum absolute atomic E-state index is 12.1. The first-order chi connectivity index (χ1) is 9.87. The summed E-state index contributed by atoms with van der Waals surface area (Å²) < 4.78 is 22.3. The first-order valence-corrected chi connectivity index (χ1v) is 9.43. The molecular weight excluding hydrogens is 286 g/mol. The SMILES string of the molecule is C[C@@H]1CN(C(=O)CCS(C)(=O)=O)CC[C@H]1c1ccccc1. The van der Waals surface area contributed by atoms with Crippen LogP contribution in [0.4, 0.5) is 0 Å². The van der Waals surface area contributed by atoms with E-state index in [-0.39, 0.29) is 18.1 Å². The number of carbonyl (C=O) groups excluding carboxylic acids is 1. The number of nitrogens with zero attached hydrogens (tertiary/aromatic N) is 1. The third-order valence-corrected chi connectivity index (χ3v) is 5.12. The maximum Gasteiger partial charge on any atom is 0.223 e. The molecule has 0 aliphatic carbocycles. The van der Waals surface area contributed by atoms with Crippen molar-refractivity contribution in [2.45, 2.75) is 25.7 Å². The monoisotopic (exact) mass is 309 g/mol. The van der Waals surface area contributed by atoms with E-state index in [4.69, 9.17) is 0 Å². The summed E-state index contributed by atoms with van der Waals surface area (Å²) in [6, 6.07) is 10.4. The summed E-state index contributed by atoms with van der Waals surface area (Å²) in [6.07, 6.45) is 2.21. The first kappa shape index (κ1) is 16.0. The fourth-order valence-electron chi connectivity index (χ4n) is 3.00. The molecule has 21 heavy (non-hydrogen) atoms. The van der Waals surface area contributed by atoms with Crippen LogP contribution in [0.15, 0.2) is 30.3 Å². The smallest absolute Gasteiger partial charge is 0.223 e. The molecule has 0 spiro atoms. The molecule has 2 rings (SSSR count). The third kappa shape index (κ3) is 4.56.